The van der Waals surface area contributed by atoms with Crippen LogP contribution < -0.4 is 0 Å². The number of phenolic OH excluding ortho intramolecular Hbond substituents is 1. The van der Waals surface area contributed by atoms with Crippen molar-refractivity contribution in [2.45, 2.75) is 27.7 Å². The average molecular weight is 306 g/mol. The van der Waals surface area contributed by atoms with Crippen LogP contribution in [0.4, 0.5) is 0 Å². The maximum absolute atomic E-state index is 9.87. The van der Waals surface area contributed by atoms with Crippen LogP contribution in [0.3, 0.4) is 0 Å². The number of aromatic hydroxyl groups is 1. The molecule has 3 nitrogen and oxygen atoms in total. The first kappa shape index (κ1) is 15.3. The predicted molar refractivity (Wildman–Crippen MR) is 99.8 cm³/mol. The third-order valence-electron chi connectivity index (χ3n) is 4.37. The summed E-state index contributed by atoms with van der Waals surface area (Å²) in [6.07, 6.45) is 6.17. The summed E-state index contributed by atoms with van der Waals surface area (Å²) in [5, 5.41) is 12.1. The monoisotopic (exact) mass is 306 g/mol. The third kappa shape index (κ3) is 2.42. The van der Waals surface area contributed by atoms with Crippen molar-refractivity contribution in [1.29, 1.82) is 0 Å². The van der Waals surface area contributed by atoms with E-state index in [1.807, 2.05) is 32.2 Å². The van der Waals surface area contributed by atoms with Gasteiger partial charge in [-0.1, -0.05) is 12.2 Å². The maximum Gasteiger partial charge on any atom is 0.116 e. The first-order valence-electron chi connectivity index (χ1n) is 7.98. The first-order valence-corrected chi connectivity index (χ1v) is 7.98. The fourth-order valence-electron chi connectivity index (χ4n) is 3.25. The summed E-state index contributed by atoms with van der Waals surface area (Å²) in [6, 6.07) is 5.48. The van der Waals surface area contributed by atoms with Crippen LogP contribution in [0, 0.1) is 13.8 Å². The first-order chi connectivity index (χ1) is 11.1. The van der Waals surface area contributed by atoms with Crippen molar-refractivity contribution < 1.29 is 5.11 Å². The van der Waals surface area contributed by atoms with E-state index in [0.717, 1.165) is 28.5 Å². The van der Waals surface area contributed by atoms with Crippen LogP contribution in [-0.4, -0.2) is 22.8 Å². The standard InChI is InChI=1S/C20H22N2O/c1-5-7-15-13(4)20-19(12(3)17(15)11-21-6-2)16-10-14(23)8-9-18(16)22-20/h5,7-11,22-23H,6H2,1-4H3/b7-5-,21-11?. The molecule has 0 atom stereocenters. The van der Waals surface area contributed by atoms with E-state index in [2.05, 4.69) is 36.0 Å². The van der Waals surface area contributed by atoms with Gasteiger partial charge in [0.15, 0.2) is 0 Å². The molecular formula is C20H22N2O. The molecule has 0 radical (unpaired) electrons. The Morgan fingerprint density at radius 2 is 1.96 bits per heavy atom. The fraction of sp³-hybridized carbons (Fsp3) is 0.250. The summed E-state index contributed by atoms with van der Waals surface area (Å²) in [4.78, 5) is 7.96. The van der Waals surface area contributed by atoms with Gasteiger partial charge in [0.1, 0.15) is 5.75 Å². The third-order valence-corrected chi connectivity index (χ3v) is 4.37. The van der Waals surface area contributed by atoms with Gasteiger partial charge in [-0.15, -0.1) is 0 Å². The molecule has 0 aliphatic carbocycles. The maximum atomic E-state index is 9.87. The number of aromatic nitrogens is 1. The molecule has 0 fully saturated rings. The average Bonchev–Trinajstić information content (AvgIpc) is 2.91. The molecule has 0 amide bonds. The molecule has 0 saturated heterocycles. The number of hydrogen-bond donors (Lipinski definition) is 2. The van der Waals surface area contributed by atoms with Gasteiger partial charge in [0.25, 0.3) is 0 Å². The molecule has 2 aromatic carbocycles. The molecule has 0 aliphatic rings. The molecule has 1 aromatic heterocycles. The van der Waals surface area contributed by atoms with E-state index in [-0.39, 0.29) is 5.75 Å². The smallest absolute Gasteiger partial charge is 0.116 e. The van der Waals surface area contributed by atoms with Crippen molar-refractivity contribution in [3.05, 3.63) is 46.5 Å². The normalized spacial score (nSPS) is 12.3. The number of H-pyrrole nitrogens is 1. The topological polar surface area (TPSA) is 48.4 Å². The molecule has 118 valence electrons. The van der Waals surface area contributed by atoms with E-state index in [9.17, 15) is 5.11 Å². The lowest BCUT2D eigenvalue weighted by Crippen LogP contribution is -1.98. The summed E-state index contributed by atoms with van der Waals surface area (Å²) in [5.41, 5.74) is 6.92. The molecule has 0 aliphatic heterocycles. The Labute approximate surface area is 136 Å². The van der Waals surface area contributed by atoms with E-state index in [1.165, 1.54) is 22.1 Å². The van der Waals surface area contributed by atoms with E-state index >= 15 is 0 Å². The van der Waals surface area contributed by atoms with Crippen LogP contribution in [0.25, 0.3) is 27.9 Å². The Bertz CT molecular complexity index is 946. The lowest BCUT2D eigenvalue weighted by atomic mass is 9.92. The lowest BCUT2D eigenvalue weighted by molar-refractivity contribution is 0.476. The minimum Gasteiger partial charge on any atom is -0.508 e. The zero-order chi connectivity index (χ0) is 16.6. The van der Waals surface area contributed by atoms with Gasteiger partial charge >= 0.3 is 0 Å². The van der Waals surface area contributed by atoms with Crippen molar-refractivity contribution >= 4 is 34.1 Å². The largest absolute Gasteiger partial charge is 0.508 e. The molecule has 23 heavy (non-hydrogen) atoms. The number of nitrogens with one attached hydrogen (secondary N) is 1. The van der Waals surface area contributed by atoms with Crippen molar-refractivity contribution in [2.24, 2.45) is 4.99 Å². The van der Waals surface area contributed by atoms with Crippen LogP contribution in [-0.2, 0) is 0 Å². The highest BCUT2D eigenvalue weighted by Crippen LogP contribution is 2.36. The number of aryl methyl sites for hydroxylation is 2. The highest BCUT2D eigenvalue weighted by atomic mass is 16.3. The van der Waals surface area contributed by atoms with Gasteiger partial charge in [-0.3, -0.25) is 4.99 Å². The molecule has 0 unspecified atom stereocenters. The number of nitrogens with zero attached hydrogens (tertiary/aromatic N) is 1. The number of benzene rings is 2. The van der Waals surface area contributed by atoms with Gasteiger partial charge < -0.3 is 10.1 Å². The molecule has 2 N–H and O–H groups in total. The van der Waals surface area contributed by atoms with Crippen LogP contribution >= 0.6 is 0 Å². The molecule has 0 spiro atoms. The SMILES string of the molecule is C/C=C\c1c(C=NCC)c(C)c2c([nH]c3ccc(O)cc32)c1C. The van der Waals surface area contributed by atoms with Crippen molar-refractivity contribution in [3.8, 4) is 5.75 Å². The second-order valence-electron chi connectivity index (χ2n) is 5.81. The summed E-state index contributed by atoms with van der Waals surface area (Å²) in [6.45, 7) is 9.10. The molecular weight excluding hydrogens is 284 g/mol. The molecule has 3 aromatic rings. The van der Waals surface area contributed by atoms with Crippen molar-refractivity contribution in [3.63, 3.8) is 0 Å². The summed E-state index contributed by atoms with van der Waals surface area (Å²) < 4.78 is 0. The van der Waals surface area contributed by atoms with Gasteiger partial charge in [-0.05, 0) is 62.6 Å². The van der Waals surface area contributed by atoms with E-state index in [4.69, 9.17) is 0 Å². The van der Waals surface area contributed by atoms with Crippen LogP contribution in [0.1, 0.15) is 36.1 Å². The zero-order valence-corrected chi connectivity index (χ0v) is 14.1. The van der Waals surface area contributed by atoms with Crippen molar-refractivity contribution in [1.82, 2.24) is 4.98 Å². The molecule has 1 heterocycles. The summed E-state index contributed by atoms with van der Waals surface area (Å²) >= 11 is 0. The lowest BCUT2D eigenvalue weighted by Gasteiger charge is -2.12. The van der Waals surface area contributed by atoms with Gasteiger partial charge in [-0.2, -0.15) is 0 Å². The number of aromatic amines is 1. The number of rotatable bonds is 3. The summed E-state index contributed by atoms with van der Waals surface area (Å²) in [5.74, 6) is 0.289. The molecule has 3 heteroatoms. The van der Waals surface area contributed by atoms with Gasteiger partial charge in [0.2, 0.25) is 0 Å². The Kier molecular flexibility index (Phi) is 3.95. The molecule has 3 rings (SSSR count). The summed E-state index contributed by atoms with van der Waals surface area (Å²) in [7, 11) is 0. The van der Waals surface area contributed by atoms with Crippen LogP contribution in [0.5, 0.6) is 5.75 Å². The zero-order valence-electron chi connectivity index (χ0n) is 14.1. The quantitative estimate of drug-likeness (QED) is 0.649. The Morgan fingerprint density at radius 3 is 2.65 bits per heavy atom. The van der Waals surface area contributed by atoms with Crippen LogP contribution in [0.15, 0.2) is 29.3 Å². The number of aliphatic imine (C=N–C) groups is 1. The second-order valence-corrected chi connectivity index (χ2v) is 5.81. The number of allylic oxidation sites excluding steroid dienone is 1. The highest BCUT2D eigenvalue weighted by Gasteiger charge is 2.16. The Morgan fingerprint density at radius 1 is 1.17 bits per heavy atom. The van der Waals surface area contributed by atoms with Gasteiger partial charge in [0, 0.05) is 34.6 Å². The Balaban J connectivity index is 2.51. The highest BCUT2D eigenvalue weighted by molar-refractivity contribution is 6.13. The number of phenols is 1. The molecule has 0 bridgehead atoms. The fourth-order valence-corrected chi connectivity index (χ4v) is 3.25. The number of fused-ring (bicyclic) bond motifs is 3. The van der Waals surface area contributed by atoms with Crippen LogP contribution in [0.2, 0.25) is 0 Å². The minimum atomic E-state index is 0.289. The predicted octanol–water partition coefficient (Wildman–Crippen LogP) is 5.12. The van der Waals surface area contributed by atoms with E-state index in [1.54, 1.807) is 6.07 Å². The Hall–Kier alpha value is -2.55. The van der Waals surface area contributed by atoms with E-state index < -0.39 is 0 Å². The number of hydrogen-bond acceptors (Lipinski definition) is 2. The molecule has 0 saturated carbocycles. The minimum absolute atomic E-state index is 0.289. The van der Waals surface area contributed by atoms with Gasteiger partial charge in [-0.25, -0.2) is 0 Å². The second kappa shape index (κ2) is 5.92. The van der Waals surface area contributed by atoms with Crippen molar-refractivity contribution in [2.75, 3.05) is 6.54 Å². The van der Waals surface area contributed by atoms with E-state index in [0.29, 0.717) is 0 Å². The van der Waals surface area contributed by atoms with Gasteiger partial charge in [0.05, 0.1) is 5.52 Å².